The summed E-state index contributed by atoms with van der Waals surface area (Å²) in [6.07, 6.45) is 0.0986. The molecule has 3 N–H and O–H groups in total. The van der Waals surface area contributed by atoms with Gasteiger partial charge in [-0.1, -0.05) is 12.1 Å². The lowest BCUT2D eigenvalue weighted by Gasteiger charge is -2.04. The first-order chi connectivity index (χ1) is 13.3. The highest BCUT2D eigenvalue weighted by atomic mass is 32.2. The van der Waals surface area contributed by atoms with Gasteiger partial charge in [-0.2, -0.15) is 0 Å². The van der Waals surface area contributed by atoms with Crippen molar-refractivity contribution in [2.75, 3.05) is 12.4 Å². The summed E-state index contributed by atoms with van der Waals surface area (Å²) in [5, 5.41) is 8.37. The summed E-state index contributed by atoms with van der Waals surface area (Å²) in [5.74, 6) is 0.525. The Hall–Kier alpha value is -2.75. The van der Waals surface area contributed by atoms with Crippen LogP contribution >= 0.6 is 11.3 Å². The zero-order valence-corrected chi connectivity index (χ0v) is 16.9. The van der Waals surface area contributed by atoms with Gasteiger partial charge < -0.3 is 10.1 Å². The van der Waals surface area contributed by atoms with Crippen LogP contribution in [0.1, 0.15) is 10.4 Å². The van der Waals surface area contributed by atoms with Crippen LogP contribution in [0.25, 0.3) is 11.3 Å². The summed E-state index contributed by atoms with van der Waals surface area (Å²) in [5.41, 5.74) is 2.42. The molecule has 1 aromatic heterocycles. The lowest BCUT2D eigenvalue weighted by Crippen LogP contribution is -2.15. The third-order valence-electron chi connectivity index (χ3n) is 4.02. The summed E-state index contributed by atoms with van der Waals surface area (Å²) in [6, 6.07) is 13.4. The summed E-state index contributed by atoms with van der Waals surface area (Å²) < 4.78 is 27.7. The third kappa shape index (κ3) is 4.75. The number of nitrogens with zero attached hydrogens (tertiary/aromatic N) is 1. The van der Waals surface area contributed by atoms with Gasteiger partial charge in [-0.3, -0.25) is 4.79 Å². The Balaban J connectivity index is 1.69. The van der Waals surface area contributed by atoms with Gasteiger partial charge in [0.05, 0.1) is 24.1 Å². The van der Waals surface area contributed by atoms with Crippen LogP contribution in [-0.4, -0.2) is 26.4 Å². The van der Waals surface area contributed by atoms with Crippen LogP contribution in [0, 0.1) is 6.92 Å². The topological polar surface area (TPSA) is 111 Å². The molecular formula is C19H19N3O4S2. The number of carbonyl (C=O) groups is 1. The monoisotopic (exact) mass is 417 g/mol. The molecule has 0 aliphatic heterocycles. The fraction of sp³-hybridized carbons (Fsp3) is 0.158. The van der Waals surface area contributed by atoms with Crippen LogP contribution in [-0.2, 0) is 21.2 Å². The van der Waals surface area contributed by atoms with Crippen molar-refractivity contribution < 1.29 is 17.9 Å². The minimum atomic E-state index is -3.75. The molecule has 0 aliphatic carbocycles. The molecule has 0 unspecified atom stereocenters. The van der Waals surface area contributed by atoms with E-state index in [0.29, 0.717) is 10.7 Å². The number of rotatable bonds is 6. The van der Waals surface area contributed by atoms with Gasteiger partial charge in [0.1, 0.15) is 5.75 Å². The first-order valence-electron chi connectivity index (χ1n) is 8.29. The first kappa shape index (κ1) is 20.0. The van der Waals surface area contributed by atoms with Crippen LogP contribution in [0.2, 0.25) is 0 Å². The number of thiazole rings is 1. The zero-order chi connectivity index (χ0) is 20.3. The highest BCUT2D eigenvalue weighted by Gasteiger charge is 2.13. The van der Waals surface area contributed by atoms with Crippen molar-refractivity contribution in [3.8, 4) is 17.0 Å². The van der Waals surface area contributed by atoms with E-state index in [9.17, 15) is 13.2 Å². The standard InChI is InChI=1S/C19H19N3O4S2/c1-12-18(14-5-7-15(26-2)8-6-14)22-19(27-12)21-17(23)11-13-3-9-16(10-4-13)28(20,24)25/h3-10H,11H2,1-2H3,(H2,20,24,25)(H,21,22,23). The molecular weight excluding hydrogens is 398 g/mol. The molecule has 7 nitrogen and oxygen atoms in total. The molecule has 0 bridgehead atoms. The summed E-state index contributed by atoms with van der Waals surface area (Å²) in [6.45, 7) is 1.94. The van der Waals surface area contributed by atoms with E-state index < -0.39 is 10.0 Å². The maximum atomic E-state index is 12.3. The number of carbonyl (C=O) groups excluding carboxylic acids is 1. The van der Waals surface area contributed by atoms with Crippen molar-refractivity contribution in [2.45, 2.75) is 18.2 Å². The smallest absolute Gasteiger partial charge is 0.238 e. The molecule has 0 saturated heterocycles. The molecule has 3 rings (SSSR count). The van der Waals surface area contributed by atoms with E-state index in [-0.39, 0.29) is 17.2 Å². The number of anilines is 1. The molecule has 0 fully saturated rings. The normalized spacial score (nSPS) is 11.2. The van der Waals surface area contributed by atoms with E-state index in [1.807, 2.05) is 31.2 Å². The van der Waals surface area contributed by atoms with Gasteiger partial charge >= 0.3 is 0 Å². The Morgan fingerprint density at radius 3 is 2.36 bits per heavy atom. The van der Waals surface area contributed by atoms with E-state index in [2.05, 4.69) is 10.3 Å². The number of aromatic nitrogens is 1. The van der Waals surface area contributed by atoms with Crippen LogP contribution in [0.5, 0.6) is 5.75 Å². The van der Waals surface area contributed by atoms with Crippen LogP contribution in [0.4, 0.5) is 5.13 Å². The number of methoxy groups -OCH3 is 1. The van der Waals surface area contributed by atoms with Gasteiger partial charge in [0, 0.05) is 10.4 Å². The number of primary sulfonamides is 1. The van der Waals surface area contributed by atoms with Crippen molar-refractivity contribution in [1.29, 1.82) is 0 Å². The highest BCUT2D eigenvalue weighted by Crippen LogP contribution is 2.31. The van der Waals surface area contributed by atoms with Gasteiger partial charge in [-0.25, -0.2) is 18.5 Å². The largest absolute Gasteiger partial charge is 0.497 e. The number of hydrogen-bond donors (Lipinski definition) is 2. The maximum absolute atomic E-state index is 12.3. The number of hydrogen-bond acceptors (Lipinski definition) is 6. The van der Waals surface area contributed by atoms with E-state index in [0.717, 1.165) is 21.9 Å². The van der Waals surface area contributed by atoms with Gasteiger partial charge in [0.2, 0.25) is 15.9 Å². The maximum Gasteiger partial charge on any atom is 0.238 e. The zero-order valence-electron chi connectivity index (χ0n) is 15.3. The molecule has 0 saturated carbocycles. The summed E-state index contributed by atoms with van der Waals surface area (Å²) in [7, 11) is -2.14. The fourth-order valence-corrected chi connectivity index (χ4v) is 3.98. The van der Waals surface area contributed by atoms with Crippen molar-refractivity contribution >= 4 is 32.4 Å². The summed E-state index contributed by atoms with van der Waals surface area (Å²) >= 11 is 1.39. The lowest BCUT2D eigenvalue weighted by atomic mass is 10.1. The van der Waals surface area contributed by atoms with Crippen LogP contribution in [0.15, 0.2) is 53.4 Å². The molecule has 28 heavy (non-hydrogen) atoms. The molecule has 0 radical (unpaired) electrons. The second-order valence-corrected chi connectivity index (χ2v) is 8.83. The SMILES string of the molecule is COc1ccc(-c2nc(NC(=O)Cc3ccc(S(N)(=O)=O)cc3)sc2C)cc1. The molecule has 3 aromatic rings. The van der Waals surface area contributed by atoms with Crippen LogP contribution < -0.4 is 15.2 Å². The van der Waals surface area contributed by atoms with Gasteiger partial charge in [0.15, 0.2) is 5.13 Å². The average Bonchev–Trinajstić information content (AvgIpc) is 3.01. The number of benzene rings is 2. The lowest BCUT2D eigenvalue weighted by molar-refractivity contribution is -0.115. The number of aryl methyl sites for hydroxylation is 1. The Kier molecular flexibility index (Phi) is 5.78. The van der Waals surface area contributed by atoms with E-state index >= 15 is 0 Å². The van der Waals surface area contributed by atoms with Crippen molar-refractivity contribution in [2.24, 2.45) is 5.14 Å². The van der Waals surface area contributed by atoms with Gasteiger partial charge in [0.25, 0.3) is 0 Å². The molecule has 0 aliphatic rings. The van der Waals surface area contributed by atoms with Gasteiger partial charge in [-0.15, -0.1) is 11.3 Å². The molecule has 0 spiro atoms. The van der Waals surface area contributed by atoms with E-state index in [4.69, 9.17) is 9.88 Å². The second kappa shape index (κ2) is 8.09. The Labute approximate surface area is 167 Å². The molecule has 0 atom stereocenters. The van der Waals surface area contributed by atoms with E-state index in [1.54, 1.807) is 19.2 Å². The van der Waals surface area contributed by atoms with Crippen molar-refractivity contribution in [3.63, 3.8) is 0 Å². The number of ether oxygens (including phenoxy) is 1. The Morgan fingerprint density at radius 2 is 1.79 bits per heavy atom. The van der Waals surface area contributed by atoms with Crippen molar-refractivity contribution in [1.82, 2.24) is 4.98 Å². The molecule has 1 amide bonds. The fourth-order valence-electron chi connectivity index (χ4n) is 2.61. The van der Waals surface area contributed by atoms with Crippen molar-refractivity contribution in [3.05, 3.63) is 59.0 Å². The number of nitrogens with two attached hydrogens (primary N) is 1. The summed E-state index contributed by atoms with van der Waals surface area (Å²) in [4.78, 5) is 17.8. The van der Waals surface area contributed by atoms with Crippen LogP contribution in [0.3, 0.4) is 0 Å². The van der Waals surface area contributed by atoms with E-state index in [1.165, 1.54) is 23.5 Å². The average molecular weight is 418 g/mol. The molecule has 146 valence electrons. The first-order valence-corrected chi connectivity index (χ1v) is 10.7. The molecule has 1 heterocycles. The number of nitrogens with one attached hydrogen (secondary N) is 1. The highest BCUT2D eigenvalue weighted by molar-refractivity contribution is 7.89. The molecule has 9 heteroatoms. The Morgan fingerprint density at radius 1 is 1.14 bits per heavy atom. The predicted octanol–water partition coefficient (Wildman–Crippen LogP) is 2.96. The number of sulfonamides is 1. The minimum absolute atomic E-state index is 0.0105. The Bertz CT molecular complexity index is 1090. The quantitative estimate of drug-likeness (QED) is 0.640. The molecule has 2 aromatic carbocycles. The predicted molar refractivity (Wildman–Crippen MR) is 109 cm³/mol. The third-order valence-corrected chi connectivity index (χ3v) is 5.84. The minimum Gasteiger partial charge on any atom is -0.497 e. The van der Waals surface area contributed by atoms with Gasteiger partial charge in [-0.05, 0) is 48.9 Å². The second-order valence-electron chi connectivity index (χ2n) is 6.07. The number of amides is 1.